The van der Waals surface area contributed by atoms with Crippen LogP contribution in [0.25, 0.3) is 0 Å². The molecule has 0 aliphatic heterocycles. The summed E-state index contributed by atoms with van der Waals surface area (Å²) in [5, 5.41) is 4.17. The number of aryl methyl sites for hydroxylation is 2. The maximum atomic E-state index is 4.17. The van der Waals surface area contributed by atoms with Crippen LogP contribution in [0.5, 0.6) is 0 Å². The predicted octanol–water partition coefficient (Wildman–Crippen LogP) is 1.96. The van der Waals surface area contributed by atoms with Gasteiger partial charge in [-0.1, -0.05) is 13.8 Å². The van der Waals surface area contributed by atoms with Crippen molar-refractivity contribution in [1.29, 1.82) is 0 Å². The van der Waals surface area contributed by atoms with Gasteiger partial charge in [0.1, 0.15) is 6.20 Å². The van der Waals surface area contributed by atoms with Gasteiger partial charge in [-0.2, -0.15) is 5.10 Å². The summed E-state index contributed by atoms with van der Waals surface area (Å²) in [4.78, 5) is 0. The third kappa shape index (κ3) is 1.62. The SMILES string of the molecule is CCCn1n[c]c(CC)c1C. The molecule has 0 N–H and O–H groups in total. The fourth-order valence-electron chi connectivity index (χ4n) is 1.20. The molecular weight excluding hydrogens is 136 g/mol. The summed E-state index contributed by atoms with van der Waals surface area (Å²) >= 11 is 0. The van der Waals surface area contributed by atoms with Gasteiger partial charge < -0.3 is 0 Å². The van der Waals surface area contributed by atoms with Crippen LogP contribution in [0.15, 0.2) is 0 Å². The van der Waals surface area contributed by atoms with E-state index in [0.29, 0.717) is 0 Å². The second-order valence-electron chi connectivity index (χ2n) is 2.75. The molecule has 61 valence electrons. The van der Waals surface area contributed by atoms with Crippen molar-refractivity contribution in [2.45, 2.75) is 40.2 Å². The molecule has 2 nitrogen and oxygen atoms in total. The molecule has 2 heteroatoms. The van der Waals surface area contributed by atoms with Gasteiger partial charge in [-0.3, -0.25) is 4.68 Å². The van der Waals surface area contributed by atoms with Crippen molar-refractivity contribution < 1.29 is 0 Å². The number of nitrogens with zero attached hydrogens (tertiary/aromatic N) is 2. The number of aromatic nitrogens is 2. The van der Waals surface area contributed by atoms with Gasteiger partial charge in [-0.15, -0.1) is 0 Å². The van der Waals surface area contributed by atoms with Crippen LogP contribution >= 0.6 is 0 Å². The summed E-state index contributed by atoms with van der Waals surface area (Å²) < 4.78 is 2.03. The highest BCUT2D eigenvalue weighted by Gasteiger charge is 2.02. The Kier molecular flexibility index (Phi) is 2.69. The molecule has 0 atom stereocenters. The monoisotopic (exact) mass is 151 g/mol. The first-order valence-electron chi connectivity index (χ1n) is 4.23. The zero-order valence-corrected chi connectivity index (χ0v) is 7.52. The maximum Gasteiger partial charge on any atom is 0.116 e. The van der Waals surface area contributed by atoms with Crippen molar-refractivity contribution in [2.75, 3.05) is 0 Å². The van der Waals surface area contributed by atoms with Crippen LogP contribution in [0.4, 0.5) is 0 Å². The molecule has 0 amide bonds. The lowest BCUT2D eigenvalue weighted by Crippen LogP contribution is -2.01. The minimum Gasteiger partial charge on any atom is -0.269 e. The molecule has 1 radical (unpaired) electrons. The van der Waals surface area contributed by atoms with Gasteiger partial charge in [-0.25, -0.2) is 0 Å². The number of hydrogen-bond donors (Lipinski definition) is 0. The van der Waals surface area contributed by atoms with Gasteiger partial charge in [0.25, 0.3) is 0 Å². The van der Waals surface area contributed by atoms with Gasteiger partial charge in [0, 0.05) is 17.8 Å². The highest BCUT2D eigenvalue weighted by molar-refractivity contribution is 5.14. The molecule has 0 unspecified atom stereocenters. The van der Waals surface area contributed by atoms with E-state index < -0.39 is 0 Å². The van der Waals surface area contributed by atoms with Crippen molar-refractivity contribution in [3.63, 3.8) is 0 Å². The maximum absolute atomic E-state index is 4.17. The van der Waals surface area contributed by atoms with Gasteiger partial charge in [0.15, 0.2) is 0 Å². The summed E-state index contributed by atoms with van der Waals surface area (Å²) in [7, 11) is 0. The Morgan fingerprint density at radius 2 is 2.18 bits per heavy atom. The van der Waals surface area contributed by atoms with E-state index >= 15 is 0 Å². The van der Waals surface area contributed by atoms with E-state index in [1.165, 1.54) is 11.3 Å². The van der Waals surface area contributed by atoms with Crippen molar-refractivity contribution in [2.24, 2.45) is 0 Å². The summed E-state index contributed by atoms with van der Waals surface area (Å²) in [6, 6.07) is 0. The topological polar surface area (TPSA) is 17.8 Å². The fraction of sp³-hybridized carbons (Fsp3) is 0.667. The smallest absolute Gasteiger partial charge is 0.116 e. The Bertz CT molecular complexity index is 225. The second-order valence-corrected chi connectivity index (χ2v) is 2.75. The molecule has 0 saturated carbocycles. The van der Waals surface area contributed by atoms with Gasteiger partial charge >= 0.3 is 0 Å². The van der Waals surface area contributed by atoms with E-state index in [2.05, 4.69) is 32.1 Å². The molecule has 1 rings (SSSR count). The standard InChI is InChI=1S/C9H15N2/c1-4-6-11-8(3)9(5-2)7-10-11/h4-6H2,1-3H3. The largest absolute Gasteiger partial charge is 0.269 e. The van der Waals surface area contributed by atoms with Crippen molar-refractivity contribution in [1.82, 2.24) is 9.78 Å². The van der Waals surface area contributed by atoms with Crippen molar-refractivity contribution >= 4 is 0 Å². The predicted molar refractivity (Wildman–Crippen MR) is 45.5 cm³/mol. The Labute approximate surface area is 68.2 Å². The quantitative estimate of drug-likeness (QED) is 0.645. The Morgan fingerprint density at radius 3 is 2.64 bits per heavy atom. The van der Waals surface area contributed by atoms with E-state index in [4.69, 9.17) is 0 Å². The van der Waals surface area contributed by atoms with Gasteiger partial charge in [0.2, 0.25) is 0 Å². The van der Waals surface area contributed by atoms with Crippen molar-refractivity contribution in [3.05, 3.63) is 17.5 Å². The average Bonchev–Trinajstić information content (AvgIpc) is 2.34. The van der Waals surface area contributed by atoms with E-state index in [9.17, 15) is 0 Å². The van der Waals surface area contributed by atoms with E-state index in [0.717, 1.165) is 19.4 Å². The first-order valence-corrected chi connectivity index (χ1v) is 4.23. The van der Waals surface area contributed by atoms with Crippen LogP contribution in [-0.2, 0) is 13.0 Å². The zero-order chi connectivity index (χ0) is 8.27. The first kappa shape index (κ1) is 8.31. The third-order valence-corrected chi connectivity index (χ3v) is 1.92. The Balaban J connectivity index is 2.82. The Hall–Kier alpha value is -0.790. The first-order chi connectivity index (χ1) is 5.29. The highest BCUT2D eigenvalue weighted by atomic mass is 15.3. The van der Waals surface area contributed by atoms with Crippen LogP contribution in [-0.4, -0.2) is 9.78 Å². The lowest BCUT2D eigenvalue weighted by atomic mass is 10.2. The molecule has 0 spiro atoms. The second kappa shape index (κ2) is 3.56. The average molecular weight is 151 g/mol. The van der Waals surface area contributed by atoms with E-state index in [1.807, 2.05) is 4.68 Å². The minimum absolute atomic E-state index is 1.02. The highest BCUT2D eigenvalue weighted by Crippen LogP contribution is 2.06. The summed E-state index contributed by atoms with van der Waals surface area (Å²) in [5.74, 6) is 0. The van der Waals surface area contributed by atoms with Gasteiger partial charge in [0.05, 0.1) is 0 Å². The molecular formula is C9H15N2. The zero-order valence-electron chi connectivity index (χ0n) is 7.52. The molecule has 1 aromatic heterocycles. The molecule has 0 aliphatic rings. The fourth-order valence-corrected chi connectivity index (χ4v) is 1.20. The molecule has 0 fully saturated rings. The Morgan fingerprint density at radius 1 is 1.45 bits per heavy atom. The molecule has 0 aliphatic carbocycles. The lowest BCUT2D eigenvalue weighted by Gasteiger charge is -2.01. The third-order valence-electron chi connectivity index (χ3n) is 1.92. The molecule has 1 aromatic rings. The minimum atomic E-state index is 1.02. The van der Waals surface area contributed by atoms with Gasteiger partial charge in [-0.05, 0) is 19.8 Å². The van der Waals surface area contributed by atoms with Crippen LogP contribution in [0.3, 0.4) is 0 Å². The van der Waals surface area contributed by atoms with Crippen LogP contribution < -0.4 is 0 Å². The molecule has 0 bridgehead atoms. The van der Waals surface area contributed by atoms with E-state index in [-0.39, 0.29) is 0 Å². The van der Waals surface area contributed by atoms with Crippen molar-refractivity contribution in [3.8, 4) is 0 Å². The van der Waals surface area contributed by atoms with Crippen LogP contribution in [0, 0.1) is 13.1 Å². The number of hydrogen-bond acceptors (Lipinski definition) is 1. The van der Waals surface area contributed by atoms with E-state index in [1.54, 1.807) is 0 Å². The molecule has 1 heterocycles. The molecule has 0 aromatic carbocycles. The molecule has 0 saturated heterocycles. The molecule has 11 heavy (non-hydrogen) atoms. The van der Waals surface area contributed by atoms with Crippen LogP contribution in [0.1, 0.15) is 31.5 Å². The van der Waals surface area contributed by atoms with Crippen LogP contribution in [0.2, 0.25) is 0 Å². The summed E-state index contributed by atoms with van der Waals surface area (Å²) in [5.41, 5.74) is 2.52. The normalized spacial score (nSPS) is 10.5. The lowest BCUT2D eigenvalue weighted by molar-refractivity contribution is 0.585. The summed E-state index contributed by atoms with van der Waals surface area (Å²) in [6.45, 7) is 7.42. The summed E-state index contributed by atoms with van der Waals surface area (Å²) in [6.07, 6.45) is 5.20. The number of rotatable bonds is 3.